The third kappa shape index (κ3) is 5.45. The minimum absolute atomic E-state index is 0.203. The van der Waals surface area contributed by atoms with Gasteiger partial charge in [0.05, 0.1) is 17.4 Å². The van der Waals surface area contributed by atoms with E-state index >= 15 is 0 Å². The zero-order chi connectivity index (χ0) is 19.1. The molecule has 0 radical (unpaired) electrons. The third-order valence-corrected chi connectivity index (χ3v) is 4.68. The first-order chi connectivity index (χ1) is 12.4. The van der Waals surface area contributed by atoms with Gasteiger partial charge in [-0.05, 0) is 44.5 Å². The number of rotatable bonds is 7. The van der Waals surface area contributed by atoms with Gasteiger partial charge in [-0.3, -0.25) is 9.59 Å². The van der Waals surface area contributed by atoms with E-state index in [4.69, 9.17) is 4.74 Å². The van der Waals surface area contributed by atoms with Crippen molar-refractivity contribution in [3.8, 4) is 0 Å². The molecule has 0 saturated heterocycles. The van der Waals surface area contributed by atoms with Gasteiger partial charge in [-0.1, -0.05) is 18.7 Å². The number of benzene rings is 1. The zero-order valence-corrected chi connectivity index (χ0v) is 15.7. The SMILES string of the molecule is CCOC(=O)c1ccc(NC(=O)[C@H](CC)Sc2nc(C)cc(=O)[nH]2)cc1. The number of carbonyl (C=O) groups excluding carboxylic acids is 2. The molecule has 0 aliphatic carbocycles. The summed E-state index contributed by atoms with van der Waals surface area (Å²) >= 11 is 1.21. The number of aromatic nitrogens is 2. The van der Waals surface area contributed by atoms with Crippen LogP contribution >= 0.6 is 11.8 Å². The van der Waals surface area contributed by atoms with Gasteiger partial charge in [-0.2, -0.15) is 0 Å². The lowest BCUT2D eigenvalue weighted by Gasteiger charge is -2.14. The normalized spacial score (nSPS) is 11.7. The van der Waals surface area contributed by atoms with E-state index in [2.05, 4.69) is 15.3 Å². The standard InChI is InChI=1S/C18H21N3O4S/c1-4-14(26-18-19-11(3)10-15(22)21-18)16(23)20-13-8-6-12(7-9-13)17(24)25-5-2/h6-10,14H,4-5H2,1-3H3,(H,20,23)(H,19,21,22)/t14-/m0/s1. The summed E-state index contributed by atoms with van der Waals surface area (Å²) in [6, 6.07) is 7.89. The molecule has 7 nitrogen and oxygen atoms in total. The second-order valence-corrected chi connectivity index (χ2v) is 6.69. The minimum atomic E-state index is -0.412. The molecule has 0 aliphatic rings. The first-order valence-electron chi connectivity index (χ1n) is 8.25. The van der Waals surface area contributed by atoms with Gasteiger partial charge in [0.15, 0.2) is 5.16 Å². The van der Waals surface area contributed by atoms with Crippen LogP contribution in [-0.2, 0) is 9.53 Å². The van der Waals surface area contributed by atoms with Crippen molar-refractivity contribution in [2.75, 3.05) is 11.9 Å². The Labute approximate surface area is 155 Å². The Morgan fingerprint density at radius 3 is 2.54 bits per heavy atom. The molecule has 1 heterocycles. The first kappa shape index (κ1) is 19.7. The van der Waals surface area contributed by atoms with E-state index in [-0.39, 0.29) is 11.5 Å². The van der Waals surface area contributed by atoms with Crippen molar-refractivity contribution in [1.82, 2.24) is 9.97 Å². The van der Waals surface area contributed by atoms with E-state index in [1.165, 1.54) is 17.8 Å². The van der Waals surface area contributed by atoms with Gasteiger partial charge >= 0.3 is 5.97 Å². The molecule has 1 atom stereocenters. The highest BCUT2D eigenvalue weighted by atomic mass is 32.2. The number of hydrogen-bond acceptors (Lipinski definition) is 6. The highest BCUT2D eigenvalue weighted by Crippen LogP contribution is 2.23. The van der Waals surface area contributed by atoms with Gasteiger partial charge in [-0.15, -0.1) is 0 Å². The lowest BCUT2D eigenvalue weighted by Crippen LogP contribution is -2.25. The summed E-state index contributed by atoms with van der Waals surface area (Å²) < 4.78 is 4.92. The van der Waals surface area contributed by atoms with E-state index in [0.29, 0.717) is 35.1 Å². The number of ether oxygens (including phenoxy) is 1. The Morgan fingerprint density at radius 1 is 1.27 bits per heavy atom. The molecular weight excluding hydrogens is 354 g/mol. The van der Waals surface area contributed by atoms with Crippen LogP contribution in [0.25, 0.3) is 0 Å². The molecular formula is C18H21N3O4S. The number of aryl methyl sites for hydroxylation is 1. The van der Waals surface area contributed by atoms with E-state index in [1.54, 1.807) is 38.1 Å². The van der Waals surface area contributed by atoms with Gasteiger partial charge in [0.25, 0.3) is 5.56 Å². The molecule has 1 aromatic heterocycles. The van der Waals surface area contributed by atoms with Crippen molar-refractivity contribution in [2.24, 2.45) is 0 Å². The van der Waals surface area contributed by atoms with Crippen LogP contribution in [0.5, 0.6) is 0 Å². The Balaban J connectivity index is 2.04. The highest BCUT2D eigenvalue weighted by Gasteiger charge is 2.19. The predicted molar refractivity (Wildman–Crippen MR) is 101 cm³/mol. The van der Waals surface area contributed by atoms with Crippen molar-refractivity contribution in [3.63, 3.8) is 0 Å². The molecule has 138 valence electrons. The van der Waals surface area contributed by atoms with Crippen LogP contribution in [0.15, 0.2) is 40.3 Å². The fourth-order valence-electron chi connectivity index (χ4n) is 2.19. The first-order valence-corrected chi connectivity index (χ1v) is 9.13. The van der Waals surface area contributed by atoms with Crippen molar-refractivity contribution in [2.45, 2.75) is 37.6 Å². The lowest BCUT2D eigenvalue weighted by atomic mass is 10.2. The second-order valence-electron chi connectivity index (χ2n) is 5.49. The quantitative estimate of drug-likeness (QED) is 0.438. The summed E-state index contributed by atoms with van der Waals surface area (Å²) in [6.45, 7) is 5.66. The molecule has 26 heavy (non-hydrogen) atoms. The second kappa shape index (κ2) is 9.19. The van der Waals surface area contributed by atoms with Crippen LogP contribution in [0.4, 0.5) is 5.69 Å². The summed E-state index contributed by atoms with van der Waals surface area (Å²) in [7, 11) is 0. The van der Waals surface area contributed by atoms with E-state index in [0.717, 1.165) is 0 Å². The maximum absolute atomic E-state index is 12.5. The number of hydrogen-bond donors (Lipinski definition) is 2. The average Bonchev–Trinajstić information content (AvgIpc) is 2.59. The molecule has 0 bridgehead atoms. The maximum atomic E-state index is 12.5. The molecule has 1 aromatic carbocycles. The molecule has 0 fully saturated rings. The monoisotopic (exact) mass is 375 g/mol. The molecule has 0 unspecified atom stereocenters. The number of thioether (sulfide) groups is 1. The summed E-state index contributed by atoms with van der Waals surface area (Å²) in [6.07, 6.45) is 0.565. The Bertz CT molecular complexity index is 833. The van der Waals surface area contributed by atoms with Gasteiger partial charge < -0.3 is 15.0 Å². The predicted octanol–water partition coefficient (Wildman–Crippen LogP) is 2.76. The van der Waals surface area contributed by atoms with Crippen molar-refractivity contribution in [1.29, 1.82) is 0 Å². The van der Waals surface area contributed by atoms with E-state index in [9.17, 15) is 14.4 Å². The molecule has 0 spiro atoms. The Hall–Kier alpha value is -2.61. The van der Waals surface area contributed by atoms with Gasteiger partial charge in [0, 0.05) is 17.4 Å². The summed E-state index contributed by atoms with van der Waals surface area (Å²) in [4.78, 5) is 42.5. The molecule has 0 saturated carbocycles. The summed E-state index contributed by atoms with van der Waals surface area (Å²) in [5.41, 5.74) is 1.35. The number of nitrogens with one attached hydrogen (secondary N) is 2. The largest absolute Gasteiger partial charge is 0.462 e. The van der Waals surface area contributed by atoms with Crippen molar-refractivity contribution < 1.29 is 14.3 Å². The number of carbonyl (C=O) groups is 2. The van der Waals surface area contributed by atoms with Gasteiger partial charge in [0.1, 0.15) is 0 Å². The zero-order valence-electron chi connectivity index (χ0n) is 14.9. The number of nitrogens with zero attached hydrogens (tertiary/aromatic N) is 1. The van der Waals surface area contributed by atoms with Crippen molar-refractivity contribution >= 4 is 29.3 Å². The number of amides is 1. The van der Waals surface area contributed by atoms with Crippen LogP contribution in [0.3, 0.4) is 0 Å². The number of esters is 1. The fraction of sp³-hybridized carbons (Fsp3) is 0.333. The molecule has 8 heteroatoms. The van der Waals surface area contributed by atoms with Crippen LogP contribution in [-0.4, -0.2) is 33.7 Å². The van der Waals surface area contributed by atoms with Crippen LogP contribution in [0.1, 0.15) is 36.3 Å². The molecule has 2 aromatic rings. The Morgan fingerprint density at radius 2 is 1.96 bits per heavy atom. The van der Waals surface area contributed by atoms with E-state index in [1.807, 2.05) is 6.92 Å². The number of aromatic amines is 1. The minimum Gasteiger partial charge on any atom is -0.462 e. The van der Waals surface area contributed by atoms with Crippen molar-refractivity contribution in [3.05, 3.63) is 51.9 Å². The van der Waals surface area contributed by atoms with Crippen LogP contribution in [0.2, 0.25) is 0 Å². The van der Waals surface area contributed by atoms with E-state index < -0.39 is 11.2 Å². The van der Waals surface area contributed by atoms with Gasteiger partial charge in [-0.25, -0.2) is 9.78 Å². The fourth-order valence-corrected chi connectivity index (χ4v) is 3.15. The Kier molecular flexibility index (Phi) is 6.97. The van der Waals surface area contributed by atoms with Gasteiger partial charge in [0.2, 0.25) is 5.91 Å². The molecule has 0 aliphatic heterocycles. The summed E-state index contributed by atoms with van der Waals surface area (Å²) in [5.74, 6) is -0.604. The smallest absolute Gasteiger partial charge is 0.338 e. The maximum Gasteiger partial charge on any atom is 0.338 e. The molecule has 2 rings (SSSR count). The molecule has 2 N–H and O–H groups in total. The van der Waals surface area contributed by atoms with Crippen LogP contribution < -0.4 is 10.9 Å². The topological polar surface area (TPSA) is 101 Å². The number of anilines is 1. The molecule has 1 amide bonds. The average molecular weight is 375 g/mol. The summed E-state index contributed by atoms with van der Waals surface area (Å²) in [5, 5.41) is 2.81. The highest BCUT2D eigenvalue weighted by molar-refractivity contribution is 8.00. The van der Waals surface area contributed by atoms with Crippen LogP contribution in [0, 0.1) is 6.92 Å². The third-order valence-electron chi connectivity index (χ3n) is 3.43. The lowest BCUT2D eigenvalue weighted by molar-refractivity contribution is -0.115. The number of H-pyrrole nitrogens is 1.